The third-order valence-corrected chi connectivity index (χ3v) is 3.22. The van der Waals surface area contributed by atoms with Gasteiger partial charge in [-0.15, -0.1) is 0 Å². The Balaban J connectivity index is 2.75. The van der Waals surface area contributed by atoms with E-state index >= 15 is 0 Å². The SMILES string of the molecule is COC(=O)C(NCCCN=[N+]=[N-])c1ccc(C)c(Cl)c1. The molecule has 0 aliphatic heterocycles. The second-order valence-electron chi connectivity index (χ2n) is 4.23. The second-order valence-corrected chi connectivity index (χ2v) is 4.63. The molecule has 0 radical (unpaired) electrons. The Morgan fingerprint density at radius 1 is 1.60 bits per heavy atom. The summed E-state index contributed by atoms with van der Waals surface area (Å²) in [4.78, 5) is 14.5. The maximum Gasteiger partial charge on any atom is 0.327 e. The molecule has 7 heteroatoms. The van der Waals surface area contributed by atoms with Crippen molar-refractivity contribution in [2.24, 2.45) is 5.11 Å². The Morgan fingerprint density at radius 3 is 2.95 bits per heavy atom. The van der Waals surface area contributed by atoms with Crippen molar-refractivity contribution < 1.29 is 9.53 Å². The van der Waals surface area contributed by atoms with Crippen molar-refractivity contribution in [3.05, 3.63) is 44.8 Å². The lowest BCUT2D eigenvalue weighted by molar-refractivity contribution is -0.143. The number of benzene rings is 1. The van der Waals surface area contributed by atoms with Gasteiger partial charge in [0.15, 0.2) is 0 Å². The first kappa shape index (κ1) is 16.3. The molecular weight excluding hydrogens is 280 g/mol. The molecule has 1 aromatic rings. The van der Waals surface area contributed by atoms with E-state index in [0.717, 1.165) is 11.1 Å². The fourth-order valence-corrected chi connectivity index (χ4v) is 1.87. The highest BCUT2D eigenvalue weighted by molar-refractivity contribution is 6.31. The van der Waals surface area contributed by atoms with Crippen LogP contribution >= 0.6 is 11.6 Å². The summed E-state index contributed by atoms with van der Waals surface area (Å²) in [6, 6.07) is 4.86. The number of ether oxygens (including phenoxy) is 1. The Kier molecular flexibility index (Phi) is 6.87. The first-order chi connectivity index (χ1) is 9.60. The van der Waals surface area contributed by atoms with E-state index in [1.807, 2.05) is 19.1 Å². The van der Waals surface area contributed by atoms with Gasteiger partial charge in [0.25, 0.3) is 0 Å². The molecule has 0 heterocycles. The molecule has 1 unspecified atom stereocenters. The summed E-state index contributed by atoms with van der Waals surface area (Å²) in [6.07, 6.45) is 0.636. The summed E-state index contributed by atoms with van der Waals surface area (Å²) in [7, 11) is 1.34. The van der Waals surface area contributed by atoms with E-state index in [0.29, 0.717) is 24.5 Å². The standard InChI is InChI=1S/C13H17ClN4O2/c1-9-4-5-10(8-11(9)14)12(13(19)20-2)16-6-3-7-17-18-15/h4-5,8,12,16H,3,6-7H2,1-2H3. The largest absolute Gasteiger partial charge is 0.468 e. The summed E-state index contributed by atoms with van der Waals surface area (Å²) in [5.41, 5.74) is 9.88. The summed E-state index contributed by atoms with van der Waals surface area (Å²) in [5.74, 6) is -0.381. The van der Waals surface area contributed by atoms with Crippen LogP contribution in [-0.4, -0.2) is 26.2 Å². The van der Waals surface area contributed by atoms with Crippen LogP contribution in [0.5, 0.6) is 0 Å². The number of methoxy groups -OCH3 is 1. The van der Waals surface area contributed by atoms with Gasteiger partial charge in [-0.05, 0) is 42.6 Å². The van der Waals surface area contributed by atoms with Gasteiger partial charge in [-0.1, -0.05) is 28.8 Å². The van der Waals surface area contributed by atoms with Crippen LogP contribution in [0.2, 0.25) is 5.02 Å². The number of halogens is 1. The number of rotatable bonds is 7. The number of aryl methyl sites for hydroxylation is 1. The van der Waals surface area contributed by atoms with Crippen LogP contribution in [0.1, 0.15) is 23.6 Å². The van der Waals surface area contributed by atoms with E-state index in [1.165, 1.54) is 7.11 Å². The van der Waals surface area contributed by atoms with Gasteiger partial charge in [-0.2, -0.15) is 0 Å². The molecule has 0 aliphatic rings. The third kappa shape index (κ3) is 4.74. The van der Waals surface area contributed by atoms with Gasteiger partial charge >= 0.3 is 5.97 Å². The van der Waals surface area contributed by atoms with E-state index < -0.39 is 6.04 Å². The van der Waals surface area contributed by atoms with Gasteiger partial charge in [0.05, 0.1) is 7.11 Å². The molecule has 0 aromatic heterocycles. The summed E-state index contributed by atoms with van der Waals surface area (Å²) < 4.78 is 4.79. The Hall–Kier alpha value is -1.75. The lowest BCUT2D eigenvalue weighted by Crippen LogP contribution is -2.30. The molecule has 1 N–H and O–H groups in total. The molecule has 6 nitrogen and oxygen atoms in total. The molecule has 0 saturated heterocycles. The first-order valence-electron chi connectivity index (χ1n) is 6.18. The van der Waals surface area contributed by atoms with Gasteiger partial charge in [0, 0.05) is 16.5 Å². The van der Waals surface area contributed by atoms with Crippen LogP contribution < -0.4 is 5.32 Å². The maximum absolute atomic E-state index is 11.8. The molecule has 1 atom stereocenters. The Labute approximate surface area is 122 Å². The highest BCUT2D eigenvalue weighted by Crippen LogP contribution is 2.22. The molecule has 0 amide bonds. The van der Waals surface area contributed by atoms with Crippen molar-refractivity contribution >= 4 is 17.6 Å². The van der Waals surface area contributed by atoms with Crippen molar-refractivity contribution in [3.8, 4) is 0 Å². The molecule has 0 saturated carbocycles. The van der Waals surface area contributed by atoms with E-state index in [-0.39, 0.29) is 5.97 Å². The van der Waals surface area contributed by atoms with E-state index in [4.69, 9.17) is 21.9 Å². The first-order valence-corrected chi connectivity index (χ1v) is 6.56. The topological polar surface area (TPSA) is 87.1 Å². The predicted molar refractivity (Wildman–Crippen MR) is 77.6 cm³/mol. The molecular formula is C13H17ClN4O2. The molecule has 20 heavy (non-hydrogen) atoms. The number of hydrogen-bond donors (Lipinski definition) is 1. The van der Waals surface area contributed by atoms with Crippen molar-refractivity contribution in [1.82, 2.24) is 5.32 Å². The van der Waals surface area contributed by atoms with Crippen molar-refractivity contribution in [3.63, 3.8) is 0 Å². The summed E-state index contributed by atoms with van der Waals surface area (Å²) in [6.45, 7) is 2.81. The third-order valence-electron chi connectivity index (χ3n) is 2.81. The van der Waals surface area contributed by atoms with Gasteiger partial charge < -0.3 is 10.1 Å². The molecule has 108 valence electrons. The number of carbonyl (C=O) groups is 1. The number of nitrogens with one attached hydrogen (secondary N) is 1. The van der Waals surface area contributed by atoms with E-state index in [9.17, 15) is 4.79 Å². The van der Waals surface area contributed by atoms with Crippen LogP contribution in [0.15, 0.2) is 23.3 Å². The van der Waals surface area contributed by atoms with Gasteiger partial charge in [0.2, 0.25) is 0 Å². The fourth-order valence-electron chi connectivity index (χ4n) is 1.68. The molecule has 0 fully saturated rings. The van der Waals surface area contributed by atoms with Crippen LogP contribution in [0.25, 0.3) is 10.4 Å². The highest BCUT2D eigenvalue weighted by Gasteiger charge is 2.21. The van der Waals surface area contributed by atoms with E-state index in [1.54, 1.807) is 6.07 Å². The zero-order valence-corrected chi connectivity index (χ0v) is 12.2. The molecule has 1 aromatic carbocycles. The predicted octanol–water partition coefficient (Wildman–Crippen LogP) is 3.15. The molecule has 0 aliphatic carbocycles. The Bertz CT molecular complexity index is 515. The smallest absolute Gasteiger partial charge is 0.327 e. The van der Waals surface area contributed by atoms with Gasteiger partial charge in [-0.25, -0.2) is 4.79 Å². The summed E-state index contributed by atoms with van der Waals surface area (Å²) >= 11 is 6.07. The lowest BCUT2D eigenvalue weighted by atomic mass is 10.0. The molecule has 0 bridgehead atoms. The quantitative estimate of drug-likeness (QED) is 0.276. The zero-order chi connectivity index (χ0) is 15.0. The normalized spacial score (nSPS) is 11.6. The summed E-state index contributed by atoms with van der Waals surface area (Å²) in [5, 5.41) is 7.12. The van der Waals surface area contributed by atoms with Crippen molar-refractivity contribution in [2.75, 3.05) is 20.2 Å². The average Bonchev–Trinajstić information content (AvgIpc) is 2.45. The number of nitrogens with zero attached hydrogens (tertiary/aromatic N) is 3. The minimum absolute atomic E-state index is 0.381. The number of azide groups is 1. The Morgan fingerprint density at radius 2 is 2.35 bits per heavy atom. The number of carbonyl (C=O) groups excluding carboxylic acids is 1. The van der Waals surface area contributed by atoms with Crippen molar-refractivity contribution in [1.29, 1.82) is 0 Å². The zero-order valence-electron chi connectivity index (χ0n) is 11.5. The number of esters is 1. The average molecular weight is 297 g/mol. The van der Waals surface area contributed by atoms with Crippen LogP contribution in [0.3, 0.4) is 0 Å². The van der Waals surface area contributed by atoms with Crippen LogP contribution in [-0.2, 0) is 9.53 Å². The molecule has 0 spiro atoms. The van der Waals surface area contributed by atoms with Crippen molar-refractivity contribution in [2.45, 2.75) is 19.4 Å². The highest BCUT2D eigenvalue weighted by atomic mass is 35.5. The van der Waals surface area contributed by atoms with E-state index in [2.05, 4.69) is 15.3 Å². The monoisotopic (exact) mass is 296 g/mol. The minimum Gasteiger partial charge on any atom is -0.468 e. The fraction of sp³-hybridized carbons (Fsp3) is 0.462. The second kappa shape index (κ2) is 8.43. The van der Waals surface area contributed by atoms with Gasteiger partial charge in [-0.3, -0.25) is 0 Å². The minimum atomic E-state index is -0.579. The maximum atomic E-state index is 11.8. The lowest BCUT2D eigenvalue weighted by Gasteiger charge is -2.17. The van der Waals surface area contributed by atoms with Crippen LogP contribution in [0, 0.1) is 6.92 Å². The number of hydrogen-bond acceptors (Lipinski definition) is 4. The van der Waals surface area contributed by atoms with Gasteiger partial charge in [0.1, 0.15) is 6.04 Å². The van der Waals surface area contributed by atoms with Crippen LogP contribution in [0.4, 0.5) is 0 Å². The molecule has 1 rings (SSSR count).